The molecule has 0 spiro atoms. The van der Waals surface area contributed by atoms with Gasteiger partial charge in [-0.1, -0.05) is 25.1 Å². The molecule has 2 aromatic carbocycles. The molecule has 0 unspecified atom stereocenters. The fourth-order valence-corrected chi connectivity index (χ4v) is 3.03. The quantitative estimate of drug-likeness (QED) is 0.462. The third kappa shape index (κ3) is 3.54. The summed E-state index contributed by atoms with van der Waals surface area (Å²) >= 11 is 0. The van der Waals surface area contributed by atoms with Gasteiger partial charge in [0.1, 0.15) is 11.6 Å². The second-order valence-electron chi connectivity index (χ2n) is 6.71. The van der Waals surface area contributed by atoms with Crippen molar-refractivity contribution < 1.29 is 9.52 Å². The molecule has 0 aliphatic carbocycles. The number of furan rings is 1. The molecule has 0 fully saturated rings. The SMILES string of the molecule is CC[C@H](N)CNc1nc(-c2cc(-c3ccoc3)ccc2O)nc2ccccc12. The van der Waals surface area contributed by atoms with Crippen LogP contribution in [0.15, 0.2) is 65.5 Å². The molecule has 0 aliphatic rings. The molecule has 28 heavy (non-hydrogen) atoms. The van der Waals surface area contributed by atoms with Gasteiger partial charge >= 0.3 is 0 Å². The van der Waals surface area contributed by atoms with E-state index in [1.54, 1.807) is 18.6 Å². The van der Waals surface area contributed by atoms with Gasteiger partial charge in [0.15, 0.2) is 5.82 Å². The third-order valence-electron chi connectivity index (χ3n) is 4.75. The number of nitrogens with one attached hydrogen (secondary N) is 1. The molecular formula is C22H22N4O2. The number of para-hydroxylation sites is 1. The zero-order valence-corrected chi connectivity index (χ0v) is 15.6. The maximum atomic E-state index is 10.5. The molecule has 4 aromatic rings. The highest BCUT2D eigenvalue weighted by atomic mass is 16.3. The van der Waals surface area contributed by atoms with Crippen LogP contribution in [0.4, 0.5) is 5.82 Å². The number of aromatic nitrogens is 2. The summed E-state index contributed by atoms with van der Waals surface area (Å²) in [7, 11) is 0. The van der Waals surface area contributed by atoms with E-state index in [1.165, 1.54) is 0 Å². The molecule has 6 nitrogen and oxygen atoms in total. The van der Waals surface area contributed by atoms with Crippen LogP contribution in [0.5, 0.6) is 5.75 Å². The molecule has 0 bridgehead atoms. The molecule has 6 heteroatoms. The molecule has 0 radical (unpaired) electrons. The van der Waals surface area contributed by atoms with E-state index in [-0.39, 0.29) is 11.8 Å². The van der Waals surface area contributed by atoms with Crippen molar-refractivity contribution in [2.75, 3.05) is 11.9 Å². The van der Waals surface area contributed by atoms with Gasteiger partial charge in [-0.15, -0.1) is 0 Å². The Balaban J connectivity index is 1.81. The van der Waals surface area contributed by atoms with Crippen molar-refractivity contribution in [3.05, 3.63) is 61.1 Å². The maximum absolute atomic E-state index is 10.5. The molecule has 0 aliphatic heterocycles. The smallest absolute Gasteiger partial charge is 0.165 e. The lowest BCUT2D eigenvalue weighted by molar-refractivity contribution is 0.477. The van der Waals surface area contributed by atoms with E-state index in [1.807, 2.05) is 42.5 Å². The number of rotatable bonds is 6. The Morgan fingerprint density at radius 1 is 1.11 bits per heavy atom. The fraction of sp³-hybridized carbons (Fsp3) is 0.182. The van der Waals surface area contributed by atoms with Crippen LogP contribution in [0.2, 0.25) is 0 Å². The van der Waals surface area contributed by atoms with E-state index < -0.39 is 0 Å². The van der Waals surface area contributed by atoms with E-state index in [2.05, 4.69) is 17.2 Å². The summed E-state index contributed by atoms with van der Waals surface area (Å²) in [6.07, 6.45) is 4.15. The van der Waals surface area contributed by atoms with Gasteiger partial charge in [-0.25, -0.2) is 9.97 Å². The summed E-state index contributed by atoms with van der Waals surface area (Å²) in [6, 6.07) is 15.1. The molecule has 4 N–H and O–H groups in total. The van der Waals surface area contributed by atoms with Gasteiger partial charge in [-0.05, 0) is 42.3 Å². The Hall–Kier alpha value is -3.38. The van der Waals surface area contributed by atoms with Crippen LogP contribution in [0.25, 0.3) is 33.4 Å². The molecule has 1 atom stereocenters. The summed E-state index contributed by atoms with van der Waals surface area (Å²) in [6.45, 7) is 2.66. The predicted molar refractivity (Wildman–Crippen MR) is 111 cm³/mol. The number of fused-ring (bicyclic) bond motifs is 1. The highest BCUT2D eigenvalue weighted by Gasteiger charge is 2.14. The van der Waals surface area contributed by atoms with Crippen molar-refractivity contribution in [3.63, 3.8) is 0 Å². The lowest BCUT2D eigenvalue weighted by Crippen LogP contribution is -2.28. The number of nitrogens with two attached hydrogens (primary N) is 1. The first-order valence-electron chi connectivity index (χ1n) is 9.28. The topological polar surface area (TPSA) is 97.2 Å². The Bertz CT molecular complexity index is 1090. The summed E-state index contributed by atoms with van der Waals surface area (Å²) < 4.78 is 5.17. The van der Waals surface area contributed by atoms with E-state index in [0.29, 0.717) is 23.8 Å². The molecule has 2 heterocycles. The minimum Gasteiger partial charge on any atom is -0.507 e. The number of hydrogen-bond donors (Lipinski definition) is 3. The Kier molecular flexibility index (Phi) is 4.95. The zero-order valence-electron chi connectivity index (χ0n) is 15.6. The van der Waals surface area contributed by atoms with Crippen molar-refractivity contribution in [2.45, 2.75) is 19.4 Å². The van der Waals surface area contributed by atoms with Crippen LogP contribution in [-0.2, 0) is 0 Å². The van der Waals surface area contributed by atoms with Crippen LogP contribution in [0.3, 0.4) is 0 Å². The van der Waals surface area contributed by atoms with Crippen LogP contribution in [0, 0.1) is 0 Å². The lowest BCUT2D eigenvalue weighted by Gasteiger charge is -2.14. The van der Waals surface area contributed by atoms with Crippen molar-refractivity contribution in [1.29, 1.82) is 0 Å². The van der Waals surface area contributed by atoms with Gasteiger partial charge in [-0.2, -0.15) is 0 Å². The highest BCUT2D eigenvalue weighted by molar-refractivity contribution is 5.91. The second-order valence-corrected chi connectivity index (χ2v) is 6.71. The van der Waals surface area contributed by atoms with Crippen molar-refractivity contribution in [1.82, 2.24) is 9.97 Å². The molecule has 2 aromatic heterocycles. The Morgan fingerprint density at radius 3 is 2.75 bits per heavy atom. The summed E-state index contributed by atoms with van der Waals surface area (Å²) in [5.41, 5.74) is 9.26. The summed E-state index contributed by atoms with van der Waals surface area (Å²) in [5, 5.41) is 14.7. The van der Waals surface area contributed by atoms with Gasteiger partial charge < -0.3 is 20.6 Å². The standard InChI is InChI=1S/C22H22N4O2/c1-2-16(23)12-24-21-17-5-3-4-6-19(17)25-22(26-21)18-11-14(7-8-20(18)27)15-9-10-28-13-15/h3-11,13,16,27H,2,12,23H2,1H3,(H,24,25,26)/t16-/m0/s1. The molecule has 142 valence electrons. The average Bonchev–Trinajstić information content (AvgIpc) is 3.26. The number of aromatic hydroxyl groups is 1. The summed E-state index contributed by atoms with van der Waals surface area (Å²) in [4.78, 5) is 9.37. The fourth-order valence-electron chi connectivity index (χ4n) is 3.03. The maximum Gasteiger partial charge on any atom is 0.165 e. The number of hydrogen-bond acceptors (Lipinski definition) is 6. The van der Waals surface area contributed by atoms with Crippen LogP contribution in [-0.4, -0.2) is 27.7 Å². The van der Waals surface area contributed by atoms with E-state index in [4.69, 9.17) is 15.1 Å². The molecule has 0 saturated carbocycles. The second kappa shape index (κ2) is 7.70. The van der Waals surface area contributed by atoms with Crippen molar-refractivity contribution >= 4 is 16.7 Å². The number of anilines is 1. The minimum absolute atomic E-state index is 0.0370. The lowest BCUT2D eigenvalue weighted by atomic mass is 10.0. The van der Waals surface area contributed by atoms with Crippen molar-refractivity contribution in [2.24, 2.45) is 5.73 Å². The average molecular weight is 374 g/mol. The van der Waals surface area contributed by atoms with Gasteiger partial charge in [0, 0.05) is 23.5 Å². The van der Waals surface area contributed by atoms with Gasteiger partial charge in [-0.3, -0.25) is 0 Å². The van der Waals surface area contributed by atoms with Crippen LogP contribution >= 0.6 is 0 Å². The Morgan fingerprint density at radius 2 is 1.96 bits per heavy atom. The monoisotopic (exact) mass is 374 g/mol. The largest absolute Gasteiger partial charge is 0.507 e. The van der Waals surface area contributed by atoms with E-state index in [9.17, 15) is 5.11 Å². The molecule has 4 rings (SSSR count). The minimum atomic E-state index is 0.0370. The van der Waals surface area contributed by atoms with Crippen molar-refractivity contribution in [3.8, 4) is 28.3 Å². The van der Waals surface area contributed by atoms with Gasteiger partial charge in [0.05, 0.1) is 23.6 Å². The van der Waals surface area contributed by atoms with E-state index >= 15 is 0 Å². The number of benzene rings is 2. The first-order valence-corrected chi connectivity index (χ1v) is 9.28. The molecule has 0 saturated heterocycles. The normalized spacial score (nSPS) is 12.2. The predicted octanol–water partition coefficient (Wildman–Crippen LogP) is 4.41. The number of nitrogens with zero attached hydrogens (tertiary/aromatic N) is 2. The van der Waals surface area contributed by atoms with Crippen LogP contribution in [0.1, 0.15) is 13.3 Å². The van der Waals surface area contributed by atoms with Gasteiger partial charge in [0.2, 0.25) is 0 Å². The highest BCUT2D eigenvalue weighted by Crippen LogP contribution is 2.34. The number of phenolic OH excluding ortho intramolecular Hbond substituents is 1. The molecular weight excluding hydrogens is 352 g/mol. The van der Waals surface area contributed by atoms with E-state index in [0.717, 1.165) is 28.5 Å². The number of phenols is 1. The summed E-state index contributed by atoms with van der Waals surface area (Å²) in [5.74, 6) is 1.28. The first kappa shape index (κ1) is 18.0. The van der Waals surface area contributed by atoms with Gasteiger partial charge in [0.25, 0.3) is 0 Å². The molecule has 0 amide bonds. The Labute approximate surface area is 163 Å². The first-order chi connectivity index (χ1) is 13.7. The third-order valence-corrected chi connectivity index (χ3v) is 4.75. The zero-order chi connectivity index (χ0) is 19.5. The van der Waals surface area contributed by atoms with Crippen LogP contribution < -0.4 is 11.1 Å².